The summed E-state index contributed by atoms with van der Waals surface area (Å²) in [6, 6.07) is 11.8. The van der Waals surface area contributed by atoms with Gasteiger partial charge in [-0.1, -0.05) is 12.1 Å². The molecule has 2 rings (SSSR count). The first-order chi connectivity index (χ1) is 13.6. The third-order valence-corrected chi connectivity index (χ3v) is 4.96. The molecule has 2 unspecified atom stereocenters. The van der Waals surface area contributed by atoms with E-state index >= 15 is 0 Å². The van der Waals surface area contributed by atoms with Gasteiger partial charge in [-0.05, 0) is 55.3 Å². The zero-order valence-corrected chi connectivity index (χ0v) is 17.3. The molecule has 2 aromatic rings. The van der Waals surface area contributed by atoms with E-state index in [0.29, 0.717) is 11.5 Å². The van der Waals surface area contributed by atoms with Gasteiger partial charge in [-0.3, -0.25) is 0 Å². The molecular formula is C22H31NO5. The second-order valence-electron chi connectivity index (χ2n) is 6.59. The molecule has 0 aliphatic heterocycles. The number of benzene rings is 2. The van der Waals surface area contributed by atoms with Gasteiger partial charge in [0.25, 0.3) is 0 Å². The van der Waals surface area contributed by atoms with Gasteiger partial charge in [-0.15, -0.1) is 0 Å². The maximum Gasteiger partial charge on any atom is 0.160 e. The minimum atomic E-state index is -0.0507. The Balaban J connectivity index is 2.00. The Bertz CT molecular complexity index is 750. The lowest BCUT2D eigenvalue weighted by molar-refractivity contribution is 0.240. The lowest BCUT2D eigenvalue weighted by atomic mass is 9.92. The molecule has 0 aromatic heterocycles. The average molecular weight is 389 g/mol. The van der Waals surface area contributed by atoms with Crippen LogP contribution in [0.25, 0.3) is 0 Å². The van der Waals surface area contributed by atoms with Crippen molar-refractivity contribution < 1.29 is 24.1 Å². The van der Waals surface area contributed by atoms with Crippen LogP contribution in [-0.2, 0) is 6.42 Å². The summed E-state index contributed by atoms with van der Waals surface area (Å²) in [5.41, 5.74) is 2.16. The number of methoxy groups -OCH3 is 4. The summed E-state index contributed by atoms with van der Waals surface area (Å²) in [7, 11) is 6.49. The third-order valence-electron chi connectivity index (χ3n) is 4.96. The van der Waals surface area contributed by atoms with Crippen LogP contribution in [0.1, 0.15) is 24.0 Å². The summed E-state index contributed by atoms with van der Waals surface area (Å²) < 4.78 is 21.3. The van der Waals surface area contributed by atoms with Gasteiger partial charge < -0.3 is 29.4 Å². The number of nitrogens with one attached hydrogen (secondary N) is 1. The molecule has 0 aliphatic rings. The highest BCUT2D eigenvalue weighted by molar-refractivity contribution is 5.44. The molecule has 0 spiro atoms. The molecule has 0 aliphatic carbocycles. The Kier molecular flexibility index (Phi) is 8.42. The van der Waals surface area contributed by atoms with Gasteiger partial charge in [0, 0.05) is 12.0 Å². The minimum Gasteiger partial charge on any atom is -0.493 e. The molecule has 0 bridgehead atoms. The first-order valence-electron chi connectivity index (χ1n) is 9.35. The predicted molar refractivity (Wildman–Crippen MR) is 110 cm³/mol. The van der Waals surface area contributed by atoms with Gasteiger partial charge in [0.2, 0.25) is 0 Å². The maximum atomic E-state index is 9.94. The van der Waals surface area contributed by atoms with Crippen LogP contribution in [0.3, 0.4) is 0 Å². The van der Waals surface area contributed by atoms with Crippen LogP contribution in [0.15, 0.2) is 36.4 Å². The zero-order valence-electron chi connectivity index (χ0n) is 17.3. The van der Waals surface area contributed by atoms with E-state index in [1.54, 1.807) is 28.4 Å². The van der Waals surface area contributed by atoms with Crippen molar-refractivity contribution in [2.24, 2.45) is 0 Å². The summed E-state index contributed by atoms with van der Waals surface area (Å²) in [4.78, 5) is 0. The van der Waals surface area contributed by atoms with Gasteiger partial charge in [0.15, 0.2) is 23.0 Å². The molecule has 6 heteroatoms. The standard InChI is InChI=1S/C22H31NO5/c1-15(18(14-24)17-7-9-20(26-3)22(13-17)28-5)23-11-10-16-6-8-19(25-2)21(12-16)27-4/h6-9,12-13,15,18,23-24H,10-11,14H2,1-5H3. The van der Waals surface area contributed by atoms with Crippen molar-refractivity contribution in [3.05, 3.63) is 47.5 Å². The van der Waals surface area contributed by atoms with Crippen LogP contribution in [0, 0.1) is 0 Å². The SMILES string of the molecule is COc1ccc(CCNC(C)C(CO)c2ccc(OC)c(OC)c2)cc1OC. The normalized spacial score (nSPS) is 12.9. The Morgan fingerprint density at radius 3 is 1.96 bits per heavy atom. The summed E-state index contributed by atoms with van der Waals surface area (Å²) in [5, 5.41) is 13.4. The summed E-state index contributed by atoms with van der Waals surface area (Å²) >= 11 is 0. The van der Waals surface area contributed by atoms with Crippen molar-refractivity contribution in [3.8, 4) is 23.0 Å². The second kappa shape index (κ2) is 10.8. The molecule has 154 valence electrons. The van der Waals surface area contributed by atoms with Crippen LogP contribution >= 0.6 is 0 Å². The lowest BCUT2D eigenvalue weighted by Crippen LogP contribution is -2.35. The number of hydrogen-bond donors (Lipinski definition) is 2. The van der Waals surface area contributed by atoms with E-state index in [9.17, 15) is 5.11 Å². The van der Waals surface area contributed by atoms with Gasteiger partial charge in [0.1, 0.15) is 0 Å². The number of aliphatic hydroxyl groups excluding tert-OH is 1. The van der Waals surface area contributed by atoms with Gasteiger partial charge in [-0.2, -0.15) is 0 Å². The van der Waals surface area contributed by atoms with Crippen molar-refractivity contribution in [2.45, 2.75) is 25.3 Å². The molecule has 0 saturated heterocycles. The Labute approximate surface area is 167 Å². The third kappa shape index (κ3) is 5.30. The highest BCUT2D eigenvalue weighted by atomic mass is 16.5. The topological polar surface area (TPSA) is 69.2 Å². The number of aliphatic hydroxyl groups is 1. The quantitative estimate of drug-likeness (QED) is 0.616. The van der Waals surface area contributed by atoms with Gasteiger partial charge in [-0.25, -0.2) is 0 Å². The molecule has 2 N–H and O–H groups in total. The van der Waals surface area contributed by atoms with Crippen molar-refractivity contribution in [3.63, 3.8) is 0 Å². The number of rotatable bonds is 11. The summed E-state index contributed by atoms with van der Waals surface area (Å²) in [6.45, 7) is 2.90. The monoisotopic (exact) mass is 389 g/mol. The molecule has 28 heavy (non-hydrogen) atoms. The van der Waals surface area contributed by atoms with E-state index in [0.717, 1.165) is 35.6 Å². The molecule has 2 aromatic carbocycles. The van der Waals surface area contributed by atoms with E-state index < -0.39 is 0 Å². The van der Waals surface area contributed by atoms with Crippen LogP contribution in [0.5, 0.6) is 23.0 Å². The molecule has 6 nitrogen and oxygen atoms in total. The van der Waals surface area contributed by atoms with E-state index in [2.05, 4.69) is 12.2 Å². The highest BCUT2D eigenvalue weighted by Gasteiger charge is 2.20. The molecule has 0 saturated carbocycles. The van der Waals surface area contributed by atoms with Crippen molar-refractivity contribution in [1.29, 1.82) is 0 Å². The first kappa shape index (κ1) is 21.9. The molecule has 2 atom stereocenters. The molecule has 0 heterocycles. The fourth-order valence-electron chi connectivity index (χ4n) is 3.26. The van der Waals surface area contributed by atoms with E-state index in [1.165, 1.54) is 0 Å². The Morgan fingerprint density at radius 2 is 1.39 bits per heavy atom. The van der Waals surface area contributed by atoms with Crippen LogP contribution < -0.4 is 24.3 Å². The number of hydrogen-bond acceptors (Lipinski definition) is 6. The average Bonchev–Trinajstić information content (AvgIpc) is 2.73. The first-order valence-corrected chi connectivity index (χ1v) is 9.35. The van der Waals surface area contributed by atoms with E-state index in [1.807, 2.05) is 36.4 Å². The smallest absolute Gasteiger partial charge is 0.160 e. The molecular weight excluding hydrogens is 358 g/mol. The predicted octanol–water partition coefficient (Wildman–Crippen LogP) is 3.02. The highest BCUT2D eigenvalue weighted by Crippen LogP contribution is 2.32. The Hall–Kier alpha value is -2.44. The lowest BCUT2D eigenvalue weighted by Gasteiger charge is -2.24. The van der Waals surface area contributed by atoms with Crippen LogP contribution in [0.4, 0.5) is 0 Å². The van der Waals surface area contributed by atoms with Crippen molar-refractivity contribution in [2.75, 3.05) is 41.6 Å². The van der Waals surface area contributed by atoms with Gasteiger partial charge >= 0.3 is 0 Å². The van der Waals surface area contributed by atoms with E-state index in [-0.39, 0.29) is 18.6 Å². The summed E-state index contributed by atoms with van der Waals surface area (Å²) in [5.74, 6) is 2.74. The number of ether oxygens (including phenoxy) is 4. The Morgan fingerprint density at radius 1 is 0.821 bits per heavy atom. The second-order valence-corrected chi connectivity index (χ2v) is 6.59. The molecule has 0 fully saturated rings. The fraction of sp³-hybridized carbons (Fsp3) is 0.455. The van der Waals surface area contributed by atoms with Gasteiger partial charge in [0.05, 0.1) is 35.0 Å². The minimum absolute atomic E-state index is 0.0417. The molecule has 0 amide bonds. The van der Waals surface area contributed by atoms with Crippen LogP contribution in [0.2, 0.25) is 0 Å². The van der Waals surface area contributed by atoms with Crippen molar-refractivity contribution in [1.82, 2.24) is 5.32 Å². The van der Waals surface area contributed by atoms with Crippen molar-refractivity contribution >= 4 is 0 Å². The largest absolute Gasteiger partial charge is 0.493 e. The maximum absolute atomic E-state index is 9.94. The summed E-state index contributed by atoms with van der Waals surface area (Å²) in [6.07, 6.45) is 0.842. The van der Waals surface area contributed by atoms with Crippen LogP contribution in [-0.4, -0.2) is 52.7 Å². The zero-order chi connectivity index (χ0) is 20.5. The van der Waals surface area contributed by atoms with E-state index in [4.69, 9.17) is 18.9 Å². The fourth-order valence-corrected chi connectivity index (χ4v) is 3.26. The molecule has 0 radical (unpaired) electrons.